The second-order valence-corrected chi connectivity index (χ2v) is 7.75. The first-order valence-electron chi connectivity index (χ1n) is 9.84. The van der Waals surface area contributed by atoms with Crippen molar-refractivity contribution in [1.29, 1.82) is 0 Å². The van der Waals surface area contributed by atoms with Crippen LogP contribution in [0.2, 0.25) is 0 Å². The van der Waals surface area contributed by atoms with Gasteiger partial charge in [-0.15, -0.1) is 11.6 Å². The molecule has 6 atom stereocenters. The summed E-state index contributed by atoms with van der Waals surface area (Å²) in [6, 6.07) is 10.2. The number of benzene rings is 2. The van der Waals surface area contributed by atoms with Crippen LogP contribution in [0, 0.1) is 5.82 Å². The van der Waals surface area contributed by atoms with Gasteiger partial charge in [-0.1, -0.05) is 12.1 Å². The zero-order chi connectivity index (χ0) is 23.9. The summed E-state index contributed by atoms with van der Waals surface area (Å²) >= 11 is 5.81. The Bertz CT molecular complexity index is 1070. The Kier molecular flexibility index (Phi) is 6.52. The third-order valence-electron chi connectivity index (χ3n) is 5.39. The van der Waals surface area contributed by atoms with Crippen LogP contribution in [0.25, 0.3) is 0 Å². The molecule has 6 unspecified atom stereocenters. The van der Waals surface area contributed by atoms with Gasteiger partial charge in [0.05, 0.1) is 17.1 Å². The topological polar surface area (TPSA) is 149 Å². The number of carboxylic acid groups (broad SMARTS) is 1. The molecule has 2 aromatic carbocycles. The fourth-order valence-electron chi connectivity index (χ4n) is 3.81. The maximum absolute atomic E-state index is 14.2. The highest BCUT2D eigenvalue weighted by atomic mass is 35.5. The van der Waals surface area contributed by atoms with Crippen LogP contribution >= 0.6 is 11.6 Å². The van der Waals surface area contributed by atoms with Crippen molar-refractivity contribution in [2.75, 3.05) is 16.1 Å². The van der Waals surface area contributed by atoms with E-state index in [1.54, 1.807) is 24.3 Å². The number of nitrogens with zero attached hydrogens (tertiary/aromatic N) is 1. The van der Waals surface area contributed by atoms with E-state index in [2.05, 4.69) is 5.32 Å². The molecular formula is C21H20ClFN2O8. The highest BCUT2D eigenvalue weighted by molar-refractivity contribution is 6.30. The Labute approximate surface area is 191 Å². The zero-order valence-corrected chi connectivity index (χ0v) is 17.6. The number of nitrogens with one attached hydrogen (secondary N) is 1. The normalized spacial score (nSPS) is 28.8. The van der Waals surface area contributed by atoms with Gasteiger partial charge in [-0.05, 0) is 30.3 Å². The Morgan fingerprint density at radius 1 is 1.09 bits per heavy atom. The van der Waals surface area contributed by atoms with E-state index in [-0.39, 0.29) is 17.1 Å². The minimum absolute atomic E-state index is 0.118. The summed E-state index contributed by atoms with van der Waals surface area (Å²) in [6.45, 7) is 0. The van der Waals surface area contributed by atoms with Crippen LogP contribution < -0.4 is 10.2 Å². The summed E-state index contributed by atoms with van der Waals surface area (Å²) in [5.74, 6) is -3.10. The second-order valence-electron chi connectivity index (χ2n) is 7.48. The third kappa shape index (κ3) is 4.26. The monoisotopic (exact) mass is 482 g/mol. The maximum atomic E-state index is 14.2. The van der Waals surface area contributed by atoms with Crippen LogP contribution in [-0.4, -0.2) is 68.9 Å². The number of carbonyl (C=O) groups is 2. The number of carbonyl (C=O) groups excluding carboxylic acids is 1. The van der Waals surface area contributed by atoms with E-state index in [9.17, 15) is 34.4 Å². The van der Waals surface area contributed by atoms with Crippen molar-refractivity contribution in [2.45, 2.75) is 36.9 Å². The SMILES string of the molecule is O=C(O)C1OC(OC2Nc3ccccc3N(C(=O)CCl)c3ccc(F)cc32)C(O)C(O)C1O. The van der Waals surface area contributed by atoms with Crippen molar-refractivity contribution in [3.8, 4) is 0 Å². The predicted molar refractivity (Wildman–Crippen MR) is 112 cm³/mol. The number of ether oxygens (including phenoxy) is 2. The molecule has 33 heavy (non-hydrogen) atoms. The fourth-order valence-corrected chi connectivity index (χ4v) is 3.93. The molecule has 0 saturated carbocycles. The highest BCUT2D eigenvalue weighted by Crippen LogP contribution is 2.43. The van der Waals surface area contributed by atoms with Crippen LogP contribution in [0.3, 0.4) is 0 Å². The van der Waals surface area contributed by atoms with Gasteiger partial charge in [0.15, 0.2) is 18.6 Å². The number of carboxylic acids is 1. The van der Waals surface area contributed by atoms with E-state index in [1.165, 1.54) is 11.0 Å². The van der Waals surface area contributed by atoms with Gasteiger partial charge < -0.3 is 35.2 Å². The minimum atomic E-state index is -1.90. The van der Waals surface area contributed by atoms with E-state index in [0.29, 0.717) is 11.4 Å². The minimum Gasteiger partial charge on any atom is -0.479 e. The number of para-hydroxylation sites is 2. The molecule has 2 aromatic rings. The first-order valence-corrected chi connectivity index (χ1v) is 10.4. The summed E-state index contributed by atoms with van der Waals surface area (Å²) in [4.78, 5) is 25.4. The Morgan fingerprint density at radius 2 is 1.82 bits per heavy atom. The number of halogens is 2. The molecule has 10 nitrogen and oxygen atoms in total. The van der Waals surface area contributed by atoms with Crippen LogP contribution in [0.1, 0.15) is 11.8 Å². The molecule has 1 fully saturated rings. The summed E-state index contributed by atoms with van der Waals surface area (Å²) in [5.41, 5.74) is 1.13. The van der Waals surface area contributed by atoms with Gasteiger partial charge in [0.1, 0.15) is 30.0 Å². The molecule has 0 bridgehead atoms. The number of aliphatic hydroxyl groups is 3. The molecule has 2 heterocycles. The largest absolute Gasteiger partial charge is 0.479 e. The lowest BCUT2D eigenvalue weighted by molar-refractivity contribution is -0.303. The van der Waals surface area contributed by atoms with E-state index in [1.807, 2.05) is 0 Å². The zero-order valence-electron chi connectivity index (χ0n) is 16.8. The molecule has 2 aliphatic rings. The molecule has 1 saturated heterocycles. The lowest BCUT2D eigenvalue weighted by Gasteiger charge is -2.40. The highest BCUT2D eigenvalue weighted by Gasteiger charge is 2.48. The smallest absolute Gasteiger partial charge is 0.335 e. The van der Waals surface area contributed by atoms with Gasteiger partial charge in [-0.2, -0.15) is 0 Å². The molecule has 176 valence electrons. The number of anilines is 3. The molecule has 12 heteroatoms. The van der Waals surface area contributed by atoms with Crippen molar-refractivity contribution in [3.05, 3.63) is 53.8 Å². The van der Waals surface area contributed by atoms with Crippen LogP contribution in [-0.2, 0) is 19.1 Å². The standard InChI is InChI=1S/C21H20ClFN2O8/c22-8-14(26)25-12-6-5-9(23)7-10(12)19(24-11-3-1-2-4-13(11)25)33-21-17(29)15(27)16(28)18(32-21)20(30)31/h1-7,15-19,21,24,27-29H,8H2,(H,30,31). The van der Waals surface area contributed by atoms with Gasteiger partial charge >= 0.3 is 5.97 Å². The second kappa shape index (κ2) is 9.21. The van der Waals surface area contributed by atoms with Gasteiger partial charge in [-0.25, -0.2) is 9.18 Å². The Morgan fingerprint density at radius 3 is 2.52 bits per heavy atom. The number of aliphatic carboxylic acids is 1. The quantitative estimate of drug-likeness (QED) is 0.403. The van der Waals surface area contributed by atoms with E-state index in [4.69, 9.17) is 21.1 Å². The predicted octanol–water partition coefficient (Wildman–Crippen LogP) is 1.06. The molecule has 2 aliphatic heterocycles. The van der Waals surface area contributed by atoms with E-state index < -0.39 is 54.6 Å². The number of rotatable bonds is 4. The molecule has 4 rings (SSSR count). The van der Waals surface area contributed by atoms with Gasteiger partial charge in [0, 0.05) is 5.56 Å². The van der Waals surface area contributed by atoms with Crippen molar-refractivity contribution < 1.29 is 43.9 Å². The number of hydrogen-bond acceptors (Lipinski definition) is 8. The van der Waals surface area contributed by atoms with Crippen LogP contribution in [0.15, 0.2) is 42.5 Å². The fraction of sp³-hybridized carbons (Fsp3) is 0.333. The molecule has 0 aromatic heterocycles. The first-order chi connectivity index (χ1) is 15.7. The Balaban J connectivity index is 1.78. The lowest BCUT2D eigenvalue weighted by Crippen LogP contribution is -2.60. The van der Waals surface area contributed by atoms with Crippen molar-refractivity contribution in [2.24, 2.45) is 0 Å². The van der Waals surface area contributed by atoms with E-state index >= 15 is 0 Å². The summed E-state index contributed by atoms with van der Waals surface area (Å²) < 4.78 is 25.2. The Hall–Kier alpha value is -2.80. The summed E-state index contributed by atoms with van der Waals surface area (Å²) in [6.07, 6.45) is -10.5. The van der Waals surface area contributed by atoms with Gasteiger partial charge in [0.25, 0.3) is 0 Å². The van der Waals surface area contributed by atoms with Gasteiger partial charge in [0.2, 0.25) is 5.91 Å². The number of alkyl halides is 1. The molecule has 5 N–H and O–H groups in total. The maximum Gasteiger partial charge on any atom is 0.335 e. The number of fused-ring (bicyclic) bond motifs is 2. The lowest BCUT2D eigenvalue weighted by atomic mass is 9.99. The van der Waals surface area contributed by atoms with Gasteiger partial charge in [-0.3, -0.25) is 9.69 Å². The molecule has 0 aliphatic carbocycles. The van der Waals surface area contributed by atoms with Crippen LogP contribution in [0.4, 0.5) is 21.5 Å². The molecule has 0 radical (unpaired) electrons. The first kappa shape index (κ1) is 23.4. The van der Waals surface area contributed by atoms with Crippen molar-refractivity contribution in [1.82, 2.24) is 0 Å². The third-order valence-corrected chi connectivity index (χ3v) is 5.62. The summed E-state index contributed by atoms with van der Waals surface area (Å²) in [5, 5.41) is 42.6. The van der Waals surface area contributed by atoms with Crippen LogP contribution in [0.5, 0.6) is 0 Å². The average Bonchev–Trinajstić information content (AvgIpc) is 2.93. The number of hydrogen-bond donors (Lipinski definition) is 5. The molecule has 1 amide bonds. The summed E-state index contributed by atoms with van der Waals surface area (Å²) in [7, 11) is 0. The van der Waals surface area contributed by atoms with E-state index in [0.717, 1.165) is 12.1 Å². The average molecular weight is 483 g/mol. The van der Waals surface area contributed by atoms with Crippen molar-refractivity contribution in [3.63, 3.8) is 0 Å². The van der Waals surface area contributed by atoms with Crippen molar-refractivity contribution >= 4 is 40.5 Å². The molecular weight excluding hydrogens is 463 g/mol. The number of amides is 1. The molecule has 0 spiro atoms. The number of aliphatic hydroxyl groups excluding tert-OH is 3.